The van der Waals surface area contributed by atoms with Gasteiger partial charge < -0.3 is 10.5 Å². The first-order valence-corrected chi connectivity index (χ1v) is 5.04. The topological polar surface area (TPSA) is 61.0 Å². The van der Waals surface area contributed by atoms with E-state index in [4.69, 9.17) is 10.5 Å². The van der Waals surface area contributed by atoms with Crippen molar-refractivity contribution in [1.82, 2.24) is 9.59 Å². The lowest BCUT2D eigenvalue weighted by atomic mass is 9.99. The lowest BCUT2D eigenvalue weighted by Gasteiger charge is -2.16. The first-order chi connectivity index (χ1) is 6.25. The molecular formula is C8H15N3OS. The molecule has 0 aromatic carbocycles. The summed E-state index contributed by atoms with van der Waals surface area (Å²) < 4.78 is 8.78. The lowest BCUT2D eigenvalue weighted by molar-refractivity contribution is 0.175. The number of hydrogen-bond donors (Lipinski definition) is 1. The van der Waals surface area contributed by atoms with Crippen LogP contribution in [-0.2, 0) is 4.74 Å². The molecule has 2 atom stereocenters. The Hall–Kier alpha value is -0.520. The van der Waals surface area contributed by atoms with Crippen LogP contribution in [0.15, 0.2) is 6.20 Å². The highest BCUT2D eigenvalue weighted by atomic mass is 32.1. The molecule has 0 fully saturated rings. The number of aromatic nitrogens is 2. The predicted octanol–water partition coefficient (Wildman–Crippen LogP) is 1.21. The van der Waals surface area contributed by atoms with Crippen LogP contribution in [0.3, 0.4) is 0 Å². The van der Waals surface area contributed by atoms with E-state index in [1.807, 2.05) is 0 Å². The van der Waals surface area contributed by atoms with Crippen molar-refractivity contribution in [2.45, 2.75) is 19.4 Å². The molecule has 0 bridgehead atoms. The van der Waals surface area contributed by atoms with Crippen LogP contribution in [0, 0.1) is 5.92 Å². The predicted molar refractivity (Wildman–Crippen MR) is 52.5 cm³/mol. The second-order valence-corrected chi connectivity index (χ2v) is 3.92. The molecule has 1 aromatic rings. The fraction of sp³-hybridized carbons (Fsp3) is 0.750. The van der Waals surface area contributed by atoms with Crippen molar-refractivity contribution in [2.24, 2.45) is 11.7 Å². The summed E-state index contributed by atoms with van der Waals surface area (Å²) in [5.74, 6) is 0.405. The van der Waals surface area contributed by atoms with E-state index in [2.05, 4.69) is 16.5 Å². The summed E-state index contributed by atoms with van der Waals surface area (Å²) in [5.41, 5.74) is 6.00. The normalized spacial score (nSPS) is 15.6. The molecule has 0 aliphatic rings. The van der Waals surface area contributed by atoms with E-state index in [0.717, 1.165) is 17.9 Å². The minimum Gasteiger partial charge on any atom is -0.385 e. The maximum Gasteiger partial charge on any atom is 0.0669 e. The van der Waals surface area contributed by atoms with Gasteiger partial charge in [0.15, 0.2) is 0 Å². The molecule has 0 saturated heterocycles. The molecule has 2 N–H and O–H groups in total. The number of hydrogen-bond acceptors (Lipinski definition) is 5. The molecule has 2 unspecified atom stereocenters. The molecule has 0 aliphatic carbocycles. The Balaban J connectivity index is 2.43. The largest absolute Gasteiger partial charge is 0.385 e. The van der Waals surface area contributed by atoms with Crippen LogP contribution in [0.25, 0.3) is 0 Å². The quantitative estimate of drug-likeness (QED) is 0.778. The highest BCUT2D eigenvalue weighted by molar-refractivity contribution is 7.05. The second-order valence-electron chi connectivity index (χ2n) is 3.10. The van der Waals surface area contributed by atoms with Crippen molar-refractivity contribution in [3.63, 3.8) is 0 Å². The van der Waals surface area contributed by atoms with E-state index in [1.165, 1.54) is 11.5 Å². The number of rotatable bonds is 5. The number of methoxy groups -OCH3 is 1. The molecule has 0 saturated carbocycles. The fourth-order valence-electron chi connectivity index (χ4n) is 1.09. The Bertz CT molecular complexity index is 227. The third-order valence-corrected chi connectivity index (χ3v) is 2.86. The van der Waals surface area contributed by atoms with E-state index >= 15 is 0 Å². The molecule has 0 amide bonds. The van der Waals surface area contributed by atoms with Crippen LogP contribution in [0.5, 0.6) is 0 Å². The van der Waals surface area contributed by atoms with Gasteiger partial charge >= 0.3 is 0 Å². The molecule has 0 radical (unpaired) electrons. The minimum absolute atomic E-state index is 0.0372. The zero-order chi connectivity index (χ0) is 9.68. The summed E-state index contributed by atoms with van der Waals surface area (Å²) in [6.07, 6.45) is 2.70. The molecule has 13 heavy (non-hydrogen) atoms. The molecule has 74 valence electrons. The highest BCUT2D eigenvalue weighted by Gasteiger charge is 2.16. The Morgan fingerprint density at radius 2 is 2.46 bits per heavy atom. The summed E-state index contributed by atoms with van der Waals surface area (Å²) in [6.45, 7) is 2.87. The summed E-state index contributed by atoms with van der Waals surface area (Å²) in [7, 11) is 1.70. The molecule has 0 aliphatic heterocycles. The summed E-state index contributed by atoms with van der Waals surface area (Å²) in [4.78, 5) is 1.05. The zero-order valence-corrected chi connectivity index (χ0v) is 8.75. The van der Waals surface area contributed by atoms with Gasteiger partial charge in [-0.05, 0) is 23.9 Å². The van der Waals surface area contributed by atoms with Crippen molar-refractivity contribution in [3.8, 4) is 0 Å². The maximum absolute atomic E-state index is 6.00. The van der Waals surface area contributed by atoms with Crippen molar-refractivity contribution >= 4 is 11.5 Å². The summed E-state index contributed by atoms with van der Waals surface area (Å²) in [6, 6.07) is 0.0372. The van der Waals surface area contributed by atoms with Gasteiger partial charge in [-0.1, -0.05) is 11.4 Å². The Morgan fingerprint density at radius 1 is 1.69 bits per heavy atom. The molecule has 1 heterocycles. The van der Waals surface area contributed by atoms with Crippen LogP contribution in [0.1, 0.15) is 24.3 Å². The maximum atomic E-state index is 6.00. The smallest absolute Gasteiger partial charge is 0.0669 e. The van der Waals surface area contributed by atoms with E-state index < -0.39 is 0 Å². The molecule has 1 aromatic heterocycles. The Labute approximate surface area is 82.3 Å². The van der Waals surface area contributed by atoms with Crippen LogP contribution in [0.4, 0.5) is 0 Å². The minimum atomic E-state index is 0.0372. The van der Waals surface area contributed by atoms with Gasteiger partial charge in [0.2, 0.25) is 0 Å². The van der Waals surface area contributed by atoms with Gasteiger partial charge in [-0.15, -0.1) is 5.10 Å². The average molecular weight is 201 g/mol. The van der Waals surface area contributed by atoms with Crippen LogP contribution in [0.2, 0.25) is 0 Å². The monoisotopic (exact) mass is 201 g/mol. The lowest BCUT2D eigenvalue weighted by Crippen LogP contribution is -2.19. The van der Waals surface area contributed by atoms with Gasteiger partial charge in [0.1, 0.15) is 0 Å². The van der Waals surface area contributed by atoms with Gasteiger partial charge in [0.05, 0.1) is 11.1 Å². The van der Waals surface area contributed by atoms with Gasteiger partial charge in [-0.25, -0.2) is 0 Å². The second kappa shape index (κ2) is 5.26. The number of nitrogens with zero attached hydrogens (tertiary/aromatic N) is 2. The van der Waals surface area contributed by atoms with Crippen LogP contribution < -0.4 is 5.73 Å². The van der Waals surface area contributed by atoms with Crippen molar-refractivity contribution in [3.05, 3.63) is 11.1 Å². The molecular weight excluding hydrogens is 186 g/mol. The number of ether oxygens (including phenoxy) is 1. The third kappa shape index (κ3) is 3.02. The first kappa shape index (κ1) is 10.6. The van der Waals surface area contributed by atoms with E-state index in [9.17, 15) is 0 Å². The molecule has 4 nitrogen and oxygen atoms in total. The number of nitrogens with two attached hydrogens (primary N) is 1. The van der Waals surface area contributed by atoms with E-state index in [-0.39, 0.29) is 6.04 Å². The van der Waals surface area contributed by atoms with Crippen LogP contribution >= 0.6 is 11.5 Å². The first-order valence-electron chi connectivity index (χ1n) is 4.27. The molecule has 1 rings (SSSR count). The summed E-state index contributed by atoms with van der Waals surface area (Å²) >= 11 is 1.37. The van der Waals surface area contributed by atoms with Crippen molar-refractivity contribution in [2.75, 3.05) is 13.7 Å². The van der Waals surface area contributed by atoms with Crippen LogP contribution in [-0.4, -0.2) is 23.3 Å². The summed E-state index contributed by atoms with van der Waals surface area (Å²) in [5, 5.41) is 3.76. The van der Waals surface area contributed by atoms with Gasteiger partial charge in [0, 0.05) is 19.8 Å². The van der Waals surface area contributed by atoms with Gasteiger partial charge in [-0.3, -0.25) is 0 Å². The fourth-order valence-corrected chi connectivity index (χ4v) is 1.72. The SMILES string of the molecule is COCCC(C)C(N)c1cnns1. The van der Waals surface area contributed by atoms with Gasteiger partial charge in [-0.2, -0.15) is 0 Å². The van der Waals surface area contributed by atoms with E-state index in [1.54, 1.807) is 13.3 Å². The zero-order valence-electron chi connectivity index (χ0n) is 7.93. The standard InChI is InChI=1S/C8H15N3OS/c1-6(3-4-12-2)8(9)7-5-10-11-13-7/h5-6,8H,3-4,9H2,1-2H3. The third-order valence-electron chi connectivity index (χ3n) is 2.10. The van der Waals surface area contributed by atoms with Crippen molar-refractivity contribution in [1.29, 1.82) is 0 Å². The molecule has 0 spiro atoms. The average Bonchev–Trinajstić information content (AvgIpc) is 2.65. The van der Waals surface area contributed by atoms with Gasteiger partial charge in [0.25, 0.3) is 0 Å². The highest BCUT2D eigenvalue weighted by Crippen LogP contribution is 2.23. The van der Waals surface area contributed by atoms with E-state index in [0.29, 0.717) is 5.92 Å². The van der Waals surface area contributed by atoms with Crippen molar-refractivity contribution < 1.29 is 4.74 Å². The Kier molecular flexibility index (Phi) is 4.27. The Morgan fingerprint density at radius 3 is 3.00 bits per heavy atom. The molecule has 5 heteroatoms.